The van der Waals surface area contributed by atoms with Crippen LogP contribution in [-0.2, 0) is 13.0 Å². The molecule has 0 spiro atoms. The van der Waals surface area contributed by atoms with Crippen LogP contribution in [0.4, 0.5) is 0 Å². The molecule has 0 fully saturated rings. The number of imidazole rings is 1. The number of fused-ring (bicyclic) bond motifs is 1. The second kappa shape index (κ2) is 10.8. The number of benzene rings is 2. The summed E-state index contributed by atoms with van der Waals surface area (Å²) in [7, 11) is 1.62. The molecule has 30 heavy (non-hydrogen) atoms. The monoisotopic (exact) mass is 407 g/mol. The Hall–Kier alpha value is -2.82. The zero-order valence-corrected chi connectivity index (χ0v) is 18.4. The Morgan fingerprint density at radius 2 is 1.83 bits per heavy atom. The van der Waals surface area contributed by atoms with Crippen LogP contribution in [0, 0.1) is 5.92 Å². The third-order valence-corrected chi connectivity index (χ3v) is 5.38. The van der Waals surface area contributed by atoms with Crippen LogP contribution in [0.3, 0.4) is 0 Å². The Morgan fingerprint density at radius 1 is 1.07 bits per heavy atom. The lowest BCUT2D eigenvalue weighted by Crippen LogP contribution is -2.24. The van der Waals surface area contributed by atoms with Gasteiger partial charge in [-0.2, -0.15) is 0 Å². The van der Waals surface area contributed by atoms with Crippen molar-refractivity contribution in [3.05, 3.63) is 59.9 Å². The third kappa shape index (κ3) is 5.85. The van der Waals surface area contributed by atoms with Gasteiger partial charge in [0.25, 0.3) is 5.91 Å². The Labute approximate surface area is 179 Å². The first-order valence-electron chi connectivity index (χ1n) is 10.9. The average molecular weight is 408 g/mol. The van der Waals surface area contributed by atoms with Crippen molar-refractivity contribution in [1.82, 2.24) is 14.9 Å². The smallest absolute Gasteiger partial charge is 0.251 e. The number of unbranched alkanes of at least 4 members (excludes halogenated alkanes) is 2. The Morgan fingerprint density at radius 3 is 2.57 bits per heavy atom. The molecule has 1 amide bonds. The van der Waals surface area contributed by atoms with Gasteiger partial charge < -0.3 is 14.6 Å². The largest absolute Gasteiger partial charge is 0.497 e. The molecule has 1 aromatic heterocycles. The zero-order valence-electron chi connectivity index (χ0n) is 18.4. The van der Waals surface area contributed by atoms with E-state index in [1.54, 1.807) is 31.4 Å². The molecule has 160 valence electrons. The summed E-state index contributed by atoms with van der Waals surface area (Å²) < 4.78 is 7.52. The fraction of sp³-hybridized carbons (Fsp3) is 0.440. The predicted octanol–water partition coefficient (Wildman–Crippen LogP) is 5.23. The van der Waals surface area contributed by atoms with Crippen molar-refractivity contribution in [3.8, 4) is 5.75 Å². The Balaban J connectivity index is 1.45. The van der Waals surface area contributed by atoms with Crippen molar-refractivity contribution in [2.75, 3.05) is 13.7 Å². The van der Waals surface area contributed by atoms with Gasteiger partial charge >= 0.3 is 0 Å². The molecule has 3 aromatic rings. The number of hydrogen-bond acceptors (Lipinski definition) is 3. The maximum absolute atomic E-state index is 12.2. The summed E-state index contributed by atoms with van der Waals surface area (Å²) in [4.78, 5) is 17.1. The number of nitrogens with zero attached hydrogens (tertiary/aromatic N) is 2. The molecule has 2 aromatic carbocycles. The van der Waals surface area contributed by atoms with E-state index in [-0.39, 0.29) is 5.91 Å². The van der Waals surface area contributed by atoms with Crippen LogP contribution in [0.2, 0.25) is 0 Å². The summed E-state index contributed by atoms with van der Waals surface area (Å²) in [6, 6.07) is 15.6. The second-order valence-corrected chi connectivity index (χ2v) is 8.15. The minimum absolute atomic E-state index is 0.0341. The minimum Gasteiger partial charge on any atom is -0.497 e. The van der Waals surface area contributed by atoms with Crippen LogP contribution >= 0.6 is 0 Å². The predicted molar refractivity (Wildman–Crippen MR) is 122 cm³/mol. The van der Waals surface area contributed by atoms with Crippen molar-refractivity contribution < 1.29 is 9.53 Å². The molecule has 0 saturated heterocycles. The quantitative estimate of drug-likeness (QED) is 0.443. The van der Waals surface area contributed by atoms with Crippen molar-refractivity contribution in [3.63, 3.8) is 0 Å². The summed E-state index contributed by atoms with van der Waals surface area (Å²) in [5.41, 5.74) is 2.98. The molecule has 0 saturated carbocycles. The third-order valence-electron chi connectivity index (χ3n) is 5.38. The number of hydrogen-bond donors (Lipinski definition) is 1. The number of aryl methyl sites for hydroxylation is 2. The van der Waals surface area contributed by atoms with E-state index in [4.69, 9.17) is 9.72 Å². The highest BCUT2D eigenvalue weighted by Crippen LogP contribution is 2.19. The minimum atomic E-state index is -0.0341. The fourth-order valence-corrected chi connectivity index (χ4v) is 3.58. The first kappa shape index (κ1) is 21.9. The molecule has 0 radical (unpaired) electrons. The fourth-order valence-electron chi connectivity index (χ4n) is 3.58. The maximum Gasteiger partial charge on any atom is 0.251 e. The van der Waals surface area contributed by atoms with Crippen molar-refractivity contribution in [2.24, 2.45) is 5.92 Å². The van der Waals surface area contributed by atoms with E-state index in [0.717, 1.165) is 49.9 Å². The number of carbonyl (C=O) groups is 1. The average Bonchev–Trinajstić information content (AvgIpc) is 3.11. The first-order valence-corrected chi connectivity index (χ1v) is 10.9. The molecule has 5 heteroatoms. The molecule has 0 unspecified atom stereocenters. The lowest BCUT2D eigenvalue weighted by atomic mass is 10.1. The molecule has 3 rings (SSSR count). The SMILES string of the molecule is COc1ccc(C(=O)NCCCCCc2nc3ccccc3n2CCC(C)C)cc1. The summed E-state index contributed by atoms with van der Waals surface area (Å²) in [6.07, 6.45) is 5.23. The number of amides is 1. The van der Waals surface area contributed by atoms with Gasteiger partial charge in [0.15, 0.2) is 0 Å². The highest BCUT2D eigenvalue weighted by molar-refractivity contribution is 5.94. The summed E-state index contributed by atoms with van der Waals surface area (Å²) in [6.45, 7) is 6.23. The van der Waals surface area contributed by atoms with Gasteiger partial charge in [0.1, 0.15) is 11.6 Å². The highest BCUT2D eigenvalue weighted by atomic mass is 16.5. The second-order valence-electron chi connectivity index (χ2n) is 8.15. The van der Waals surface area contributed by atoms with Crippen LogP contribution in [0.1, 0.15) is 55.7 Å². The first-order chi connectivity index (χ1) is 14.6. The van der Waals surface area contributed by atoms with Gasteiger partial charge in [0.05, 0.1) is 18.1 Å². The number of carbonyl (C=O) groups excluding carboxylic acids is 1. The van der Waals surface area contributed by atoms with Crippen LogP contribution in [0.5, 0.6) is 5.75 Å². The standard InChI is InChI=1S/C25H33N3O2/c1-19(2)16-18-28-23-10-7-6-9-22(23)27-24(28)11-5-4-8-17-26-25(29)20-12-14-21(30-3)15-13-20/h6-7,9-10,12-15,19H,4-5,8,11,16-18H2,1-3H3,(H,26,29). The number of methoxy groups -OCH3 is 1. The summed E-state index contributed by atoms with van der Waals surface area (Å²) in [5, 5.41) is 3.00. The van der Waals surface area contributed by atoms with E-state index in [0.29, 0.717) is 18.0 Å². The van der Waals surface area contributed by atoms with Gasteiger partial charge in [-0.3, -0.25) is 4.79 Å². The number of aromatic nitrogens is 2. The van der Waals surface area contributed by atoms with E-state index in [1.165, 1.54) is 11.3 Å². The lowest BCUT2D eigenvalue weighted by Gasteiger charge is -2.11. The normalized spacial score (nSPS) is 11.2. The molecular formula is C25H33N3O2. The Bertz CT molecular complexity index is 945. The van der Waals surface area contributed by atoms with Gasteiger partial charge in [-0.05, 0) is 61.6 Å². The molecule has 0 aliphatic carbocycles. The Kier molecular flexibility index (Phi) is 7.89. The molecular weight excluding hydrogens is 374 g/mol. The highest BCUT2D eigenvalue weighted by Gasteiger charge is 2.11. The van der Waals surface area contributed by atoms with Crippen LogP contribution in [-0.4, -0.2) is 29.1 Å². The summed E-state index contributed by atoms with van der Waals surface area (Å²) in [5.74, 6) is 2.58. The van der Waals surface area contributed by atoms with Gasteiger partial charge in [-0.15, -0.1) is 0 Å². The summed E-state index contributed by atoms with van der Waals surface area (Å²) >= 11 is 0. The topological polar surface area (TPSA) is 56.1 Å². The van der Waals surface area contributed by atoms with Crippen molar-refractivity contribution in [2.45, 2.75) is 52.5 Å². The van der Waals surface area contributed by atoms with Crippen molar-refractivity contribution in [1.29, 1.82) is 0 Å². The number of ether oxygens (including phenoxy) is 1. The zero-order chi connectivity index (χ0) is 21.3. The molecule has 1 heterocycles. The van der Waals surface area contributed by atoms with Crippen LogP contribution in [0.15, 0.2) is 48.5 Å². The van der Waals surface area contributed by atoms with Gasteiger partial charge in [-0.1, -0.05) is 32.4 Å². The van der Waals surface area contributed by atoms with Crippen molar-refractivity contribution >= 4 is 16.9 Å². The van der Waals surface area contributed by atoms with E-state index >= 15 is 0 Å². The molecule has 0 aliphatic rings. The molecule has 1 N–H and O–H groups in total. The molecule has 0 bridgehead atoms. The molecule has 5 nitrogen and oxygen atoms in total. The number of para-hydroxylation sites is 2. The molecule has 0 aliphatic heterocycles. The van der Waals surface area contributed by atoms with E-state index < -0.39 is 0 Å². The molecule has 0 atom stereocenters. The van der Waals surface area contributed by atoms with Crippen LogP contribution < -0.4 is 10.1 Å². The lowest BCUT2D eigenvalue weighted by molar-refractivity contribution is 0.0953. The number of rotatable bonds is 11. The van der Waals surface area contributed by atoms with Gasteiger partial charge in [0, 0.05) is 25.1 Å². The van der Waals surface area contributed by atoms with E-state index in [1.807, 2.05) is 0 Å². The van der Waals surface area contributed by atoms with E-state index in [9.17, 15) is 4.79 Å². The van der Waals surface area contributed by atoms with Gasteiger partial charge in [0.2, 0.25) is 0 Å². The number of nitrogens with one attached hydrogen (secondary N) is 1. The van der Waals surface area contributed by atoms with Crippen LogP contribution in [0.25, 0.3) is 11.0 Å². The van der Waals surface area contributed by atoms with Gasteiger partial charge in [-0.25, -0.2) is 4.98 Å². The maximum atomic E-state index is 12.2. The van der Waals surface area contributed by atoms with E-state index in [2.05, 4.69) is 48.0 Å².